The van der Waals surface area contributed by atoms with Crippen LogP contribution in [0.3, 0.4) is 0 Å². The first-order valence-corrected chi connectivity index (χ1v) is 6.43. The molecule has 0 radical (unpaired) electrons. The van der Waals surface area contributed by atoms with Crippen molar-refractivity contribution in [2.75, 3.05) is 6.61 Å². The highest BCUT2D eigenvalue weighted by Crippen LogP contribution is 2.20. The third-order valence-corrected chi connectivity index (χ3v) is 3.52. The number of hydrazine groups is 1. The van der Waals surface area contributed by atoms with Gasteiger partial charge in [-0.15, -0.1) is 11.3 Å². The molecule has 2 unspecified atom stereocenters. The molecule has 3 N–H and O–H groups in total. The van der Waals surface area contributed by atoms with Gasteiger partial charge in [0.15, 0.2) is 0 Å². The van der Waals surface area contributed by atoms with E-state index in [2.05, 4.69) is 5.43 Å². The number of rotatable bonds is 5. The lowest BCUT2D eigenvalue weighted by Gasteiger charge is -2.12. The normalized spacial score (nSPS) is 23.8. The molecule has 5 nitrogen and oxygen atoms in total. The van der Waals surface area contributed by atoms with E-state index >= 15 is 0 Å². The molecule has 2 heterocycles. The Morgan fingerprint density at radius 2 is 2.53 bits per heavy atom. The van der Waals surface area contributed by atoms with Gasteiger partial charge < -0.3 is 9.47 Å². The van der Waals surface area contributed by atoms with Gasteiger partial charge in [-0.25, -0.2) is 5.84 Å². The molecule has 94 valence electrons. The third kappa shape index (κ3) is 3.50. The zero-order valence-electron chi connectivity index (χ0n) is 9.43. The average Bonchev–Trinajstić information content (AvgIpc) is 2.99. The van der Waals surface area contributed by atoms with E-state index in [0.717, 1.165) is 6.42 Å². The number of carbonyl (C=O) groups excluding carboxylic acids is 1. The first-order valence-electron chi connectivity index (χ1n) is 5.55. The molecule has 17 heavy (non-hydrogen) atoms. The number of nitrogens with two attached hydrogens (primary N) is 1. The lowest BCUT2D eigenvalue weighted by atomic mass is 10.2. The Hall–Kier alpha value is -0.950. The van der Waals surface area contributed by atoms with Crippen molar-refractivity contribution in [2.45, 2.75) is 31.7 Å². The lowest BCUT2D eigenvalue weighted by Crippen LogP contribution is -2.39. The van der Waals surface area contributed by atoms with Gasteiger partial charge in [0.2, 0.25) is 0 Å². The molecule has 2 rings (SSSR count). The molecule has 0 saturated carbocycles. The molecule has 0 aromatic carbocycles. The highest BCUT2D eigenvalue weighted by molar-refractivity contribution is 7.09. The van der Waals surface area contributed by atoms with Crippen molar-refractivity contribution in [3.05, 3.63) is 22.4 Å². The lowest BCUT2D eigenvalue weighted by molar-refractivity contribution is -0.133. The van der Waals surface area contributed by atoms with Crippen LogP contribution in [-0.4, -0.2) is 24.7 Å². The van der Waals surface area contributed by atoms with E-state index in [1.165, 1.54) is 4.88 Å². The Labute approximate surface area is 104 Å². The summed E-state index contributed by atoms with van der Waals surface area (Å²) < 4.78 is 11.1. The number of carbonyl (C=O) groups is 1. The van der Waals surface area contributed by atoms with Crippen molar-refractivity contribution >= 4 is 17.2 Å². The fraction of sp³-hybridized carbons (Fsp3) is 0.545. The molecule has 0 aliphatic carbocycles. The largest absolute Gasteiger partial charge is 0.373 e. The van der Waals surface area contributed by atoms with Crippen LogP contribution in [-0.2, 0) is 20.9 Å². The highest BCUT2D eigenvalue weighted by atomic mass is 32.1. The Morgan fingerprint density at radius 3 is 3.24 bits per heavy atom. The van der Waals surface area contributed by atoms with Gasteiger partial charge in [-0.3, -0.25) is 10.2 Å². The molecule has 1 aliphatic rings. The van der Waals surface area contributed by atoms with Crippen LogP contribution in [0.1, 0.15) is 17.7 Å². The molecule has 0 spiro atoms. The Kier molecular flexibility index (Phi) is 4.49. The van der Waals surface area contributed by atoms with Crippen LogP contribution in [0.25, 0.3) is 0 Å². The van der Waals surface area contributed by atoms with Crippen LogP contribution >= 0.6 is 11.3 Å². The Bertz CT molecular complexity index is 356. The summed E-state index contributed by atoms with van der Waals surface area (Å²) in [6.07, 6.45) is 1.12. The predicted molar refractivity (Wildman–Crippen MR) is 64.2 cm³/mol. The second kappa shape index (κ2) is 6.11. The van der Waals surface area contributed by atoms with Crippen LogP contribution in [0.4, 0.5) is 0 Å². The van der Waals surface area contributed by atoms with E-state index in [-0.39, 0.29) is 12.0 Å². The standard InChI is InChI=1S/C11H16N2O3S/c12-13-11(14)10-4-3-8(16-10)6-15-7-9-2-1-5-17-9/h1-2,5,8,10H,3-4,6-7,12H2,(H,13,14). The minimum absolute atomic E-state index is 0.00253. The number of hydrogen-bond acceptors (Lipinski definition) is 5. The van der Waals surface area contributed by atoms with E-state index in [9.17, 15) is 4.79 Å². The fourth-order valence-corrected chi connectivity index (χ4v) is 2.44. The minimum Gasteiger partial charge on any atom is -0.373 e. The van der Waals surface area contributed by atoms with Crippen LogP contribution in [0.2, 0.25) is 0 Å². The molecule has 1 aliphatic heterocycles. The van der Waals surface area contributed by atoms with E-state index in [4.69, 9.17) is 15.3 Å². The number of thiophene rings is 1. The van der Waals surface area contributed by atoms with Gasteiger partial charge in [0.05, 0.1) is 19.3 Å². The molecular formula is C11H16N2O3S. The molecule has 0 bridgehead atoms. The summed E-state index contributed by atoms with van der Waals surface area (Å²) in [7, 11) is 0. The van der Waals surface area contributed by atoms with Crippen molar-refractivity contribution in [3.63, 3.8) is 0 Å². The highest BCUT2D eigenvalue weighted by Gasteiger charge is 2.30. The molecule has 1 aromatic heterocycles. The maximum Gasteiger partial charge on any atom is 0.263 e. The first-order chi connectivity index (χ1) is 8.29. The van der Waals surface area contributed by atoms with Gasteiger partial charge in [-0.1, -0.05) is 6.07 Å². The van der Waals surface area contributed by atoms with Crippen LogP contribution in [0.15, 0.2) is 17.5 Å². The quantitative estimate of drug-likeness (QED) is 0.464. The molecule has 1 fully saturated rings. The number of amides is 1. The summed E-state index contributed by atoms with van der Waals surface area (Å²) in [5.41, 5.74) is 2.10. The summed E-state index contributed by atoms with van der Waals surface area (Å²) in [6, 6.07) is 4.03. The first kappa shape index (κ1) is 12.5. The minimum atomic E-state index is -0.421. The number of hydrogen-bond donors (Lipinski definition) is 2. The van der Waals surface area contributed by atoms with E-state index in [1.54, 1.807) is 11.3 Å². The summed E-state index contributed by atoms with van der Waals surface area (Å²) >= 11 is 1.67. The van der Waals surface area contributed by atoms with E-state index < -0.39 is 6.10 Å². The molecule has 1 aromatic rings. The molecule has 6 heteroatoms. The number of ether oxygens (including phenoxy) is 2. The Morgan fingerprint density at radius 1 is 1.65 bits per heavy atom. The van der Waals surface area contributed by atoms with Gasteiger partial charge in [0.1, 0.15) is 6.10 Å². The monoisotopic (exact) mass is 256 g/mol. The van der Waals surface area contributed by atoms with Crippen molar-refractivity contribution in [1.82, 2.24) is 5.43 Å². The maximum absolute atomic E-state index is 11.2. The summed E-state index contributed by atoms with van der Waals surface area (Å²) in [4.78, 5) is 12.4. The zero-order valence-corrected chi connectivity index (χ0v) is 10.2. The average molecular weight is 256 g/mol. The SMILES string of the molecule is NNC(=O)C1CCC(COCc2cccs2)O1. The van der Waals surface area contributed by atoms with Crippen molar-refractivity contribution in [3.8, 4) is 0 Å². The van der Waals surface area contributed by atoms with Crippen LogP contribution in [0.5, 0.6) is 0 Å². The van der Waals surface area contributed by atoms with Gasteiger partial charge >= 0.3 is 0 Å². The summed E-state index contributed by atoms with van der Waals surface area (Å²) in [5, 5.41) is 2.02. The van der Waals surface area contributed by atoms with Gasteiger partial charge in [0.25, 0.3) is 5.91 Å². The van der Waals surface area contributed by atoms with Crippen molar-refractivity contribution in [1.29, 1.82) is 0 Å². The third-order valence-electron chi connectivity index (χ3n) is 2.67. The maximum atomic E-state index is 11.2. The van der Waals surface area contributed by atoms with E-state index in [0.29, 0.717) is 19.6 Å². The van der Waals surface area contributed by atoms with Gasteiger partial charge in [-0.2, -0.15) is 0 Å². The van der Waals surface area contributed by atoms with Crippen molar-refractivity contribution < 1.29 is 14.3 Å². The fourth-order valence-electron chi connectivity index (χ4n) is 1.80. The molecule has 1 saturated heterocycles. The Balaban J connectivity index is 1.66. The molecular weight excluding hydrogens is 240 g/mol. The van der Waals surface area contributed by atoms with E-state index in [1.807, 2.05) is 17.5 Å². The second-order valence-corrected chi connectivity index (χ2v) is 4.96. The predicted octanol–water partition coefficient (Wildman–Crippen LogP) is 0.802. The van der Waals surface area contributed by atoms with Gasteiger partial charge in [-0.05, 0) is 24.3 Å². The summed E-state index contributed by atoms with van der Waals surface area (Å²) in [6.45, 7) is 1.12. The molecule has 1 amide bonds. The second-order valence-electron chi connectivity index (χ2n) is 3.93. The summed E-state index contributed by atoms with van der Waals surface area (Å²) in [5.74, 6) is 4.79. The van der Waals surface area contributed by atoms with Gasteiger partial charge in [0, 0.05) is 4.88 Å². The van der Waals surface area contributed by atoms with Crippen LogP contribution < -0.4 is 11.3 Å². The smallest absolute Gasteiger partial charge is 0.263 e. The zero-order chi connectivity index (χ0) is 12.1. The molecule has 2 atom stereocenters. The van der Waals surface area contributed by atoms with Crippen molar-refractivity contribution in [2.24, 2.45) is 5.84 Å². The number of nitrogens with one attached hydrogen (secondary N) is 1. The topological polar surface area (TPSA) is 73.6 Å². The van der Waals surface area contributed by atoms with Crippen LogP contribution in [0, 0.1) is 0 Å².